The Morgan fingerprint density at radius 3 is 2.77 bits per heavy atom. The second kappa shape index (κ2) is 8.29. The molecule has 0 bridgehead atoms. The molecule has 2 aliphatic rings. The van der Waals surface area contributed by atoms with Crippen LogP contribution in [0.1, 0.15) is 37.7 Å². The highest BCUT2D eigenvalue weighted by atomic mass is 16.5. The molecule has 2 N–H and O–H groups in total. The maximum absolute atomic E-state index is 5.67. The minimum Gasteiger partial charge on any atom is -0.381 e. The fraction of sp³-hybridized carbons (Fsp3) is 0.600. The summed E-state index contributed by atoms with van der Waals surface area (Å²) in [6.45, 7) is 6.05. The molecule has 140 valence electrons. The lowest BCUT2D eigenvalue weighted by atomic mass is 9.86. The number of aromatic nitrogens is 3. The van der Waals surface area contributed by atoms with E-state index < -0.39 is 0 Å². The fourth-order valence-corrected chi connectivity index (χ4v) is 4.36. The normalized spacial score (nSPS) is 20.9. The van der Waals surface area contributed by atoms with E-state index in [1.807, 2.05) is 18.5 Å². The standard InChI is InChI=1S/C20H29N5O/c1-2-9-25(10-3-1)20(6-11-26-12-7-20)16-22-14-18-15-23-24-19(18)17-5-4-8-21-13-17/h4-5,8,13,15,22H,1-3,6-7,9-12,14,16H2,(H,23,24). The number of likely N-dealkylation sites (tertiary alicyclic amines) is 1. The van der Waals surface area contributed by atoms with Gasteiger partial charge >= 0.3 is 0 Å². The Hall–Kier alpha value is -1.76. The molecule has 0 unspecified atom stereocenters. The van der Waals surface area contributed by atoms with Crippen LogP contribution in [0, 0.1) is 0 Å². The van der Waals surface area contributed by atoms with Gasteiger partial charge in [0.25, 0.3) is 0 Å². The van der Waals surface area contributed by atoms with Crippen molar-refractivity contribution in [1.82, 2.24) is 25.4 Å². The molecule has 26 heavy (non-hydrogen) atoms. The van der Waals surface area contributed by atoms with Crippen molar-refractivity contribution < 1.29 is 4.74 Å². The first-order chi connectivity index (χ1) is 12.9. The van der Waals surface area contributed by atoms with Crippen LogP contribution >= 0.6 is 0 Å². The average Bonchev–Trinajstić information content (AvgIpc) is 3.19. The molecule has 2 aliphatic heterocycles. The van der Waals surface area contributed by atoms with Crippen LogP contribution in [0.3, 0.4) is 0 Å². The maximum atomic E-state index is 5.67. The van der Waals surface area contributed by atoms with Crippen LogP contribution < -0.4 is 5.32 Å². The van der Waals surface area contributed by atoms with E-state index in [1.165, 1.54) is 37.9 Å². The van der Waals surface area contributed by atoms with E-state index in [0.717, 1.165) is 50.4 Å². The van der Waals surface area contributed by atoms with E-state index in [4.69, 9.17) is 4.74 Å². The predicted octanol–water partition coefficient (Wildman–Crippen LogP) is 2.60. The first-order valence-corrected chi connectivity index (χ1v) is 9.84. The molecule has 0 amide bonds. The predicted molar refractivity (Wildman–Crippen MR) is 102 cm³/mol. The Kier molecular flexibility index (Phi) is 5.62. The number of hydrogen-bond donors (Lipinski definition) is 2. The van der Waals surface area contributed by atoms with Crippen LogP contribution in [0.15, 0.2) is 30.7 Å². The van der Waals surface area contributed by atoms with Crippen molar-refractivity contribution in [2.75, 3.05) is 32.8 Å². The topological polar surface area (TPSA) is 66.1 Å². The van der Waals surface area contributed by atoms with Gasteiger partial charge in [-0.3, -0.25) is 15.0 Å². The molecule has 4 rings (SSSR count). The van der Waals surface area contributed by atoms with Crippen molar-refractivity contribution in [2.45, 2.75) is 44.2 Å². The zero-order valence-corrected chi connectivity index (χ0v) is 15.4. The van der Waals surface area contributed by atoms with Gasteiger partial charge in [0.2, 0.25) is 0 Å². The summed E-state index contributed by atoms with van der Waals surface area (Å²) in [6, 6.07) is 4.03. The SMILES string of the molecule is c1cncc(-c2[nH]ncc2CNCC2(N3CCCCC3)CCOCC2)c1. The van der Waals surface area contributed by atoms with Gasteiger partial charge in [0.15, 0.2) is 0 Å². The number of ether oxygens (including phenoxy) is 1. The number of nitrogens with zero attached hydrogens (tertiary/aromatic N) is 3. The molecule has 6 nitrogen and oxygen atoms in total. The van der Waals surface area contributed by atoms with Gasteiger partial charge in [-0.05, 0) is 50.9 Å². The maximum Gasteiger partial charge on any atom is 0.0710 e. The van der Waals surface area contributed by atoms with E-state index in [1.54, 1.807) is 6.20 Å². The molecular weight excluding hydrogens is 326 g/mol. The van der Waals surface area contributed by atoms with Crippen molar-refractivity contribution >= 4 is 0 Å². The first kappa shape index (κ1) is 17.6. The lowest BCUT2D eigenvalue weighted by Crippen LogP contribution is -2.59. The van der Waals surface area contributed by atoms with Crippen molar-refractivity contribution in [3.8, 4) is 11.3 Å². The van der Waals surface area contributed by atoms with Gasteiger partial charge in [0.05, 0.1) is 11.9 Å². The Labute approximate surface area is 155 Å². The largest absolute Gasteiger partial charge is 0.381 e. The number of pyridine rings is 1. The lowest BCUT2D eigenvalue weighted by molar-refractivity contribution is -0.0358. The van der Waals surface area contributed by atoms with Gasteiger partial charge in [-0.25, -0.2) is 0 Å². The highest BCUT2D eigenvalue weighted by molar-refractivity contribution is 5.61. The van der Waals surface area contributed by atoms with Crippen molar-refractivity contribution in [3.63, 3.8) is 0 Å². The molecule has 0 radical (unpaired) electrons. The van der Waals surface area contributed by atoms with E-state index in [-0.39, 0.29) is 5.54 Å². The summed E-state index contributed by atoms with van der Waals surface area (Å²) in [5.41, 5.74) is 3.58. The van der Waals surface area contributed by atoms with Gasteiger partial charge in [-0.2, -0.15) is 5.10 Å². The molecule has 2 aromatic rings. The number of H-pyrrole nitrogens is 1. The molecular formula is C20H29N5O. The Morgan fingerprint density at radius 2 is 2.00 bits per heavy atom. The monoisotopic (exact) mass is 355 g/mol. The van der Waals surface area contributed by atoms with Gasteiger partial charge in [-0.1, -0.05) is 6.42 Å². The highest BCUT2D eigenvalue weighted by Crippen LogP contribution is 2.30. The van der Waals surface area contributed by atoms with Crippen molar-refractivity contribution in [3.05, 3.63) is 36.3 Å². The lowest BCUT2D eigenvalue weighted by Gasteiger charge is -2.48. The third-order valence-corrected chi connectivity index (χ3v) is 5.89. The number of rotatable bonds is 6. The highest BCUT2D eigenvalue weighted by Gasteiger charge is 2.38. The van der Waals surface area contributed by atoms with Crippen LogP contribution in [-0.4, -0.2) is 58.5 Å². The molecule has 0 aromatic carbocycles. The minimum atomic E-state index is 0.247. The number of nitrogens with one attached hydrogen (secondary N) is 2. The molecule has 2 saturated heterocycles. The average molecular weight is 355 g/mol. The Balaban J connectivity index is 1.42. The first-order valence-electron chi connectivity index (χ1n) is 9.84. The van der Waals surface area contributed by atoms with Gasteiger partial charge in [0.1, 0.15) is 0 Å². The number of aromatic amines is 1. The van der Waals surface area contributed by atoms with Gasteiger partial charge < -0.3 is 10.1 Å². The summed E-state index contributed by atoms with van der Waals surface area (Å²) in [4.78, 5) is 6.94. The van der Waals surface area contributed by atoms with Crippen LogP contribution in [-0.2, 0) is 11.3 Å². The Bertz CT molecular complexity index is 675. The van der Waals surface area contributed by atoms with E-state index in [2.05, 4.69) is 31.5 Å². The molecule has 2 aromatic heterocycles. The summed E-state index contributed by atoms with van der Waals surface area (Å²) < 4.78 is 5.67. The Morgan fingerprint density at radius 1 is 1.15 bits per heavy atom. The van der Waals surface area contributed by atoms with Crippen LogP contribution in [0.2, 0.25) is 0 Å². The van der Waals surface area contributed by atoms with E-state index in [0.29, 0.717) is 0 Å². The summed E-state index contributed by atoms with van der Waals surface area (Å²) in [7, 11) is 0. The summed E-state index contributed by atoms with van der Waals surface area (Å²) in [6.07, 6.45) is 11.9. The quantitative estimate of drug-likeness (QED) is 0.834. The molecule has 6 heteroatoms. The van der Waals surface area contributed by atoms with E-state index >= 15 is 0 Å². The zero-order valence-electron chi connectivity index (χ0n) is 15.4. The van der Waals surface area contributed by atoms with Crippen molar-refractivity contribution in [2.24, 2.45) is 0 Å². The molecule has 0 aliphatic carbocycles. The van der Waals surface area contributed by atoms with Gasteiger partial charge in [-0.15, -0.1) is 0 Å². The van der Waals surface area contributed by atoms with Gasteiger partial charge in [0, 0.05) is 55.4 Å². The second-order valence-electron chi connectivity index (χ2n) is 7.50. The number of hydrogen-bond acceptors (Lipinski definition) is 5. The third kappa shape index (κ3) is 3.82. The van der Waals surface area contributed by atoms with E-state index in [9.17, 15) is 0 Å². The molecule has 0 saturated carbocycles. The molecule has 4 heterocycles. The van der Waals surface area contributed by atoms with Crippen LogP contribution in [0.5, 0.6) is 0 Å². The molecule has 2 fully saturated rings. The zero-order chi connectivity index (χ0) is 17.7. The van der Waals surface area contributed by atoms with Crippen molar-refractivity contribution in [1.29, 1.82) is 0 Å². The smallest absolute Gasteiger partial charge is 0.0710 e. The summed E-state index contributed by atoms with van der Waals surface area (Å²) >= 11 is 0. The molecule has 0 spiro atoms. The minimum absolute atomic E-state index is 0.247. The van der Waals surface area contributed by atoms with Crippen LogP contribution in [0.4, 0.5) is 0 Å². The third-order valence-electron chi connectivity index (χ3n) is 5.89. The fourth-order valence-electron chi connectivity index (χ4n) is 4.36. The number of piperidine rings is 1. The molecule has 0 atom stereocenters. The second-order valence-corrected chi connectivity index (χ2v) is 7.50. The summed E-state index contributed by atoms with van der Waals surface area (Å²) in [5.74, 6) is 0. The van der Waals surface area contributed by atoms with Crippen LogP contribution in [0.25, 0.3) is 11.3 Å². The summed E-state index contributed by atoms with van der Waals surface area (Å²) in [5, 5.41) is 11.1.